The van der Waals surface area contributed by atoms with Crippen LogP contribution in [0.25, 0.3) is 11.6 Å². The van der Waals surface area contributed by atoms with Crippen LogP contribution in [0.1, 0.15) is 63.5 Å². The summed E-state index contributed by atoms with van der Waals surface area (Å²) in [6, 6.07) is 9.38. The Balaban J connectivity index is 1.65. The van der Waals surface area contributed by atoms with Crippen molar-refractivity contribution in [2.75, 3.05) is 23.7 Å². The van der Waals surface area contributed by atoms with E-state index in [1.807, 2.05) is 36.9 Å². The number of nitrogens with zero attached hydrogens (tertiary/aromatic N) is 2. The van der Waals surface area contributed by atoms with Crippen molar-refractivity contribution in [3.8, 4) is 5.75 Å². The van der Waals surface area contributed by atoms with E-state index in [9.17, 15) is 22.6 Å². The van der Waals surface area contributed by atoms with Gasteiger partial charge < -0.3 is 14.7 Å². The minimum Gasteiger partial charge on any atom is -0.481 e. The van der Waals surface area contributed by atoms with Crippen molar-refractivity contribution in [1.82, 2.24) is 4.98 Å². The number of Topliss-reactive ketones (excluding diaryl/α,β-unsaturated/α-hetero) is 1. The average Bonchev–Trinajstić information content (AvgIpc) is 2.86. The maximum absolute atomic E-state index is 13.3. The number of hydrogen-bond acceptors (Lipinski definition) is 7. The molecule has 2 aromatic rings. The molecule has 208 valence electrons. The van der Waals surface area contributed by atoms with Gasteiger partial charge in [-0.2, -0.15) is 8.42 Å². The first kappa shape index (κ1) is 28.5. The molecule has 2 heterocycles. The Labute approximate surface area is 229 Å². The summed E-state index contributed by atoms with van der Waals surface area (Å²) in [5.74, 6) is -0.0435. The SMILES string of the molecule is CC1(C)CC(=O)C(c2ccncc2)=C2Oc3cc(N(CCCCCC(=O)O)CCCS(=O)(=O)O)ccc3C=C21. The topological polar surface area (TPSA) is 134 Å². The molecule has 9 nitrogen and oxygen atoms in total. The lowest BCUT2D eigenvalue weighted by Gasteiger charge is -2.37. The summed E-state index contributed by atoms with van der Waals surface area (Å²) in [7, 11) is -4.08. The van der Waals surface area contributed by atoms with E-state index >= 15 is 0 Å². The van der Waals surface area contributed by atoms with Crippen LogP contribution < -0.4 is 9.64 Å². The van der Waals surface area contributed by atoms with Crippen LogP contribution in [0.2, 0.25) is 0 Å². The summed E-state index contributed by atoms with van der Waals surface area (Å²) in [4.78, 5) is 30.2. The van der Waals surface area contributed by atoms with Crippen LogP contribution in [0.15, 0.2) is 54.1 Å². The summed E-state index contributed by atoms with van der Waals surface area (Å²) < 4.78 is 38.2. The molecule has 0 spiro atoms. The number of anilines is 1. The van der Waals surface area contributed by atoms with E-state index < -0.39 is 21.5 Å². The molecule has 4 rings (SSSR count). The molecule has 10 heteroatoms. The zero-order valence-electron chi connectivity index (χ0n) is 22.2. The van der Waals surface area contributed by atoms with Gasteiger partial charge in [-0.3, -0.25) is 19.1 Å². The van der Waals surface area contributed by atoms with Gasteiger partial charge in [0, 0.05) is 66.6 Å². The maximum Gasteiger partial charge on any atom is 0.303 e. The number of carbonyl (C=O) groups excluding carboxylic acids is 1. The van der Waals surface area contributed by atoms with Gasteiger partial charge in [0.1, 0.15) is 11.5 Å². The molecule has 1 aromatic heterocycles. The lowest BCUT2D eigenvalue weighted by Crippen LogP contribution is -2.31. The molecule has 0 atom stereocenters. The third-order valence-corrected chi connectivity index (χ3v) is 7.88. The minimum absolute atomic E-state index is 0.00570. The Hall–Kier alpha value is -3.50. The molecule has 1 aliphatic carbocycles. The lowest BCUT2D eigenvalue weighted by molar-refractivity contribution is -0.137. The molecular formula is C29H34N2O7S. The minimum atomic E-state index is -4.08. The molecule has 0 radical (unpaired) electrons. The Morgan fingerprint density at radius 2 is 1.79 bits per heavy atom. The summed E-state index contributed by atoms with van der Waals surface area (Å²) in [5, 5.41) is 8.89. The van der Waals surface area contributed by atoms with Crippen molar-refractivity contribution in [2.24, 2.45) is 5.41 Å². The van der Waals surface area contributed by atoms with Gasteiger partial charge in [0.05, 0.1) is 11.3 Å². The first-order valence-electron chi connectivity index (χ1n) is 13.1. The van der Waals surface area contributed by atoms with Crippen LogP contribution in [0.4, 0.5) is 5.69 Å². The normalized spacial score (nSPS) is 16.2. The number of hydrogen-bond donors (Lipinski definition) is 2. The molecule has 1 aliphatic heterocycles. The number of unbranched alkanes of at least 4 members (excludes halogenated alkanes) is 2. The van der Waals surface area contributed by atoms with Crippen molar-refractivity contribution in [3.05, 3.63) is 65.2 Å². The first-order chi connectivity index (χ1) is 18.4. The zero-order valence-corrected chi connectivity index (χ0v) is 23.0. The molecule has 0 bridgehead atoms. The second kappa shape index (κ2) is 11.7. The molecule has 0 unspecified atom stereocenters. The van der Waals surface area contributed by atoms with Crippen LogP contribution in [0, 0.1) is 5.41 Å². The fourth-order valence-corrected chi connectivity index (χ4v) is 5.58. The number of rotatable bonds is 12. The van der Waals surface area contributed by atoms with Gasteiger partial charge in [0.2, 0.25) is 0 Å². The van der Waals surface area contributed by atoms with E-state index in [2.05, 4.69) is 11.1 Å². The monoisotopic (exact) mass is 554 g/mol. The quantitative estimate of drug-likeness (QED) is 0.275. The number of pyridine rings is 1. The Morgan fingerprint density at radius 3 is 2.49 bits per heavy atom. The van der Waals surface area contributed by atoms with Gasteiger partial charge in [0.15, 0.2) is 5.78 Å². The standard InChI is InChI=1S/C29H34N2O7S/c1-29(2)19-24(32)27(20-10-12-30-13-11-20)28-23(29)17-21-8-9-22(18-25(21)38-28)31(15-6-16-39(35,36)37)14-5-3-4-7-26(33)34/h8-13,17-18H,3-7,14-16,19H2,1-2H3,(H,33,34)(H,35,36,37). The predicted octanol–water partition coefficient (Wildman–Crippen LogP) is 5.00. The predicted molar refractivity (Wildman–Crippen MR) is 149 cm³/mol. The smallest absolute Gasteiger partial charge is 0.303 e. The molecule has 0 saturated carbocycles. The largest absolute Gasteiger partial charge is 0.481 e. The summed E-state index contributed by atoms with van der Waals surface area (Å²) in [5.41, 5.74) is 3.52. The molecule has 39 heavy (non-hydrogen) atoms. The molecule has 2 aliphatic rings. The maximum atomic E-state index is 13.3. The molecule has 1 aromatic carbocycles. The molecule has 0 amide bonds. The number of ketones is 1. The average molecular weight is 555 g/mol. The van der Waals surface area contributed by atoms with Gasteiger partial charge in [-0.05, 0) is 55.2 Å². The number of carbonyl (C=O) groups is 2. The van der Waals surface area contributed by atoms with Gasteiger partial charge in [-0.15, -0.1) is 0 Å². The van der Waals surface area contributed by atoms with Crippen LogP contribution in [-0.2, 0) is 19.7 Å². The highest BCUT2D eigenvalue weighted by Gasteiger charge is 2.41. The number of fused-ring (bicyclic) bond motifs is 2. The van der Waals surface area contributed by atoms with E-state index in [0.29, 0.717) is 49.4 Å². The Morgan fingerprint density at radius 1 is 1.08 bits per heavy atom. The number of carboxylic acid groups (broad SMARTS) is 1. The molecule has 0 fully saturated rings. The third kappa shape index (κ3) is 7.13. The lowest BCUT2D eigenvalue weighted by atomic mass is 9.70. The second-order valence-electron chi connectivity index (χ2n) is 10.6. The highest BCUT2D eigenvalue weighted by Crippen LogP contribution is 2.49. The molecule has 2 N–H and O–H groups in total. The number of benzene rings is 1. The number of allylic oxidation sites excluding steroid dienone is 2. The van der Waals surface area contributed by atoms with E-state index in [1.54, 1.807) is 24.5 Å². The van der Waals surface area contributed by atoms with Gasteiger partial charge >= 0.3 is 5.97 Å². The molecule has 0 saturated heterocycles. The summed E-state index contributed by atoms with van der Waals surface area (Å²) in [6.45, 7) is 5.03. The summed E-state index contributed by atoms with van der Waals surface area (Å²) in [6.07, 6.45) is 8.06. The van der Waals surface area contributed by atoms with Gasteiger partial charge in [-0.1, -0.05) is 20.3 Å². The second-order valence-corrected chi connectivity index (χ2v) is 12.2. The number of ether oxygens (including phenoxy) is 1. The Bertz CT molecular complexity index is 1410. The van der Waals surface area contributed by atoms with Crippen molar-refractivity contribution in [2.45, 2.75) is 52.4 Å². The fourth-order valence-electron chi connectivity index (χ4n) is 5.09. The van der Waals surface area contributed by atoms with E-state index in [4.69, 9.17) is 9.84 Å². The Kier molecular flexibility index (Phi) is 8.56. The number of aromatic nitrogens is 1. The van der Waals surface area contributed by atoms with E-state index in [-0.39, 0.29) is 24.4 Å². The van der Waals surface area contributed by atoms with Crippen LogP contribution >= 0.6 is 0 Å². The fraction of sp³-hybridized carbons (Fsp3) is 0.414. The van der Waals surface area contributed by atoms with Crippen LogP contribution in [0.3, 0.4) is 0 Å². The van der Waals surface area contributed by atoms with Crippen molar-refractivity contribution >= 4 is 39.2 Å². The number of carboxylic acids is 1. The van der Waals surface area contributed by atoms with Crippen LogP contribution in [-0.4, -0.2) is 53.7 Å². The van der Waals surface area contributed by atoms with Gasteiger partial charge in [-0.25, -0.2) is 0 Å². The molecular weight excluding hydrogens is 520 g/mol. The van der Waals surface area contributed by atoms with Crippen molar-refractivity contribution in [1.29, 1.82) is 0 Å². The summed E-state index contributed by atoms with van der Waals surface area (Å²) >= 11 is 0. The van der Waals surface area contributed by atoms with E-state index in [1.165, 1.54) is 0 Å². The highest BCUT2D eigenvalue weighted by molar-refractivity contribution is 7.85. The number of aliphatic carboxylic acids is 1. The van der Waals surface area contributed by atoms with Crippen LogP contribution in [0.5, 0.6) is 5.75 Å². The van der Waals surface area contributed by atoms with Crippen molar-refractivity contribution < 1.29 is 32.4 Å². The first-order valence-corrected chi connectivity index (χ1v) is 14.7. The van der Waals surface area contributed by atoms with Gasteiger partial charge in [0.25, 0.3) is 10.1 Å². The highest BCUT2D eigenvalue weighted by atomic mass is 32.2. The zero-order chi connectivity index (χ0) is 28.2. The third-order valence-electron chi connectivity index (χ3n) is 7.07. The van der Waals surface area contributed by atoms with E-state index in [0.717, 1.165) is 28.8 Å². The van der Waals surface area contributed by atoms with Crippen molar-refractivity contribution in [3.63, 3.8) is 0 Å².